The summed E-state index contributed by atoms with van der Waals surface area (Å²) in [5.41, 5.74) is 2.98. The molecule has 5 aromatic rings. The summed E-state index contributed by atoms with van der Waals surface area (Å²) < 4.78 is 23.3. The number of carbonyl (C=O) groups is 1. The quantitative estimate of drug-likeness (QED) is 0.223. The second-order valence-electron chi connectivity index (χ2n) is 8.87. The van der Waals surface area contributed by atoms with Crippen LogP contribution in [0.2, 0.25) is 0 Å². The number of halogens is 1. The molecule has 38 heavy (non-hydrogen) atoms. The summed E-state index contributed by atoms with van der Waals surface area (Å²) in [6.07, 6.45) is 2.40. The zero-order chi connectivity index (χ0) is 26.2. The number of nitrogens with one attached hydrogen (secondary N) is 1. The van der Waals surface area contributed by atoms with E-state index in [9.17, 15) is 9.18 Å². The van der Waals surface area contributed by atoms with Gasteiger partial charge in [-0.2, -0.15) is 4.37 Å². The predicted molar refractivity (Wildman–Crippen MR) is 146 cm³/mol. The number of rotatable bonds is 11. The molecule has 0 spiro atoms. The van der Waals surface area contributed by atoms with Crippen LogP contribution in [0.1, 0.15) is 40.7 Å². The predicted octanol–water partition coefficient (Wildman–Crippen LogP) is 6.16. The Balaban J connectivity index is 1.28. The number of hydrogen-bond acceptors (Lipinski definition) is 6. The van der Waals surface area contributed by atoms with Gasteiger partial charge in [-0.3, -0.25) is 4.79 Å². The van der Waals surface area contributed by atoms with Gasteiger partial charge in [0.1, 0.15) is 17.4 Å². The van der Waals surface area contributed by atoms with Crippen molar-refractivity contribution in [1.82, 2.24) is 14.7 Å². The Kier molecular flexibility index (Phi) is 8.20. The van der Waals surface area contributed by atoms with Crippen molar-refractivity contribution in [2.75, 3.05) is 11.4 Å². The van der Waals surface area contributed by atoms with E-state index in [4.69, 9.17) is 9.40 Å². The molecule has 1 N–H and O–H groups in total. The summed E-state index contributed by atoms with van der Waals surface area (Å²) in [4.78, 5) is 19.9. The van der Waals surface area contributed by atoms with Crippen molar-refractivity contribution in [3.8, 4) is 0 Å². The van der Waals surface area contributed by atoms with Gasteiger partial charge in [0.15, 0.2) is 0 Å². The SMILES string of the molecule is O=C(CCN(Cc1ccco1)c1nc(Cc2ccc(F)cc2)ns1)NC(c1ccccc1)c1ccccc1. The number of hydrogen-bond donors (Lipinski definition) is 1. The third kappa shape index (κ3) is 6.72. The van der Waals surface area contributed by atoms with Crippen molar-refractivity contribution >= 4 is 22.6 Å². The van der Waals surface area contributed by atoms with Gasteiger partial charge < -0.3 is 14.6 Å². The van der Waals surface area contributed by atoms with E-state index < -0.39 is 0 Å². The minimum absolute atomic E-state index is 0.0665. The van der Waals surface area contributed by atoms with E-state index in [0.29, 0.717) is 30.5 Å². The first-order chi connectivity index (χ1) is 18.6. The molecule has 0 unspecified atom stereocenters. The number of benzene rings is 3. The molecular weight excluding hydrogens is 499 g/mol. The van der Waals surface area contributed by atoms with E-state index in [-0.39, 0.29) is 24.2 Å². The molecule has 0 atom stereocenters. The normalized spacial score (nSPS) is 11.0. The minimum Gasteiger partial charge on any atom is -0.467 e. The van der Waals surface area contributed by atoms with Crippen LogP contribution in [-0.4, -0.2) is 21.8 Å². The highest BCUT2D eigenvalue weighted by atomic mass is 32.1. The van der Waals surface area contributed by atoms with Gasteiger partial charge in [-0.1, -0.05) is 72.8 Å². The lowest BCUT2D eigenvalue weighted by Gasteiger charge is -2.23. The maximum absolute atomic E-state index is 13.3. The summed E-state index contributed by atoms with van der Waals surface area (Å²) in [6, 6.07) is 29.7. The molecule has 0 aliphatic rings. The van der Waals surface area contributed by atoms with Crippen LogP contribution in [0.25, 0.3) is 0 Å². The molecule has 0 saturated heterocycles. The Morgan fingerprint density at radius 2 is 1.61 bits per heavy atom. The first-order valence-corrected chi connectivity index (χ1v) is 13.1. The second-order valence-corrected chi connectivity index (χ2v) is 9.60. The highest BCUT2D eigenvalue weighted by Crippen LogP contribution is 2.24. The molecule has 0 aliphatic heterocycles. The molecule has 2 aromatic heterocycles. The van der Waals surface area contributed by atoms with E-state index >= 15 is 0 Å². The van der Waals surface area contributed by atoms with Crippen molar-refractivity contribution in [3.05, 3.63) is 137 Å². The average molecular weight is 527 g/mol. The van der Waals surface area contributed by atoms with Crippen molar-refractivity contribution in [2.24, 2.45) is 0 Å². The van der Waals surface area contributed by atoms with Crippen molar-refractivity contribution < 1.29 is 13.6 Å². The summed E-state index contributed by atoms with van der Waals surface area (Å²) in [5.74, 6) is 1.08. The molecule has 5 rings (SSSR count). The molecule has 2 heterocycles. The van der Waals surface area contributed by atoms with Gasteiger partial charge in [0.25, 0.3) is 0 Å². The molecule has 3 aromatic carbocycles. The van der Waals surface area contributed by atoms with Gasteiger partial charge >= 0.3 is 0 Å². The van der Waals surface area contributed by atoms with E-state index in [1.54, 1.807) is 18.4 Å². The smallest absolute Gasteiger partial charge is 0.222 e. The summed E-state index contributed by atoms with van der Waals surface area (Å²) in [7, 11) is 0. The van der Waals surface area contributed by atoms with Crippen molar-refractivity contribution in [1.29, 1.82) is 0 Å². The van der Waals surface area contributed by atoms with Crippen LogP contribution in [0.15, 0.2) is 108 Å². The maximum Gasteiger partial charge on any atom is 0.222 e. The van der Waals surface area contributed by atoms with Crippen LogP contribution in [0.3, 0.4) is 0 Å². The standard InChI is InChI=1S/C30H27FN4O2S/c31-25-15-13-22(14-16-25)20-27-32-30(38-34-27)35(21-26-12-7-19-37-26)18-17-28(36)33-29(23-8-3-1-4-9-23)24-10-5-2-6-11-24/h1-16,19,29H,17-18,20-21H2,(H,33,36). The zero-order valence-corrected chi connectivity index (χ0v) is 21.5. The van der Waals surface area contributed by atoms with E-state index in [0.717, 1.165) is 22.5 Å². The van der Waals surface area contributed by atoms with Gasteiger partial charge in [0.2, 0.25) is 11.0 Å². The number of carbonyl (C=O) groups excluding carboxylic acids is 1. The lowest BCUT2D eigenvalue weighted by molar-refractivity contribution is -0.121. The molecule has 1 amide bonds. The minimum atomic E-state index is -0.273. The Morgan fingerprint density at radius 1 is 0.921 bits per heavy atom. The summed E-state index contributed by atoms with van der Waals surface area (Å²) >= 11 is 1.28. The van der Waals surface area contributed by atoms with Gasteiger partial charge in [-0.05, 0) is 41.0 Å². The number of amides is 1. The summed E-state index contributed by atoms with van der Waals surface area (Å²) in [5, 5.41) is 3.91. The van der Waals surface area contributed by atoms with Gasteiger partial charge in [-0.15, -0.1) is 0 Å². The Hall–Kier alpha value is -4.30. The fraction of sp³-hybridized carbons (Fsp3) is 0.167. The van der Waals surface area contributed by atoms with Crippen molar-refractivity contribution in [2.45, 2.75) is 25.4 Å². The topological polar surface area (TPSA) is 71.3 Å². The Bertz CT molecular complexity index is 1380. The molecule has 0 radical (unpaired) electrons. The molecule has 8 heteroatoms. The zero-order valence-electron chi connectivity index (χ0n) is 20.7. The number of nitrogens with zero attached hydrogens (tertiary/aromatic N) is 3. The van der Waals surface area contributed by atoms with Gasteiger partial charge in [0, 0.05) is 30.9 Å². The van der Waals surface area contributed by atoms with Crippen molar-refractivity contribution in [3.63, 3.8) is 0 Å². The highest BCUT2D eigenvalue weighted by molar-refractivity contribution is 7.09. The van der Waals surface area contributed by atoms with Crippen LogP contribution in [0, 0.1) is 5.82 Å². The molecule has 6 nitrogen and oxygen atoms in total. The summed E-state index contributed by atoms with van der Waals surface area (Å²) in [6.45, 7) is 0.903. The van der Waals surface area contributed by atoms with Crippen LogP contribution < -0.4 is 10.2 Å². The van der Waals surface area contributed by atoms with E-state index in [2.05, 4.69) is 9.69 Å². The molecular formula is C30H27FN4O2S. The average Bonchev–Trinajstić information content (AvgIpc) is 3.64. The van der Waals surface area contributed by atoms with Crippen LogP contribution >= 0.6 is 11.5 Å². The second kappa shape index (κ2) is 12.3. The molecule has 0 fully saturated rings. The number of furan rings is 1. The molecule has 0 aliphatic carbocycles. The monoisotopic (exact) mass is 526 g/mol. The first-order valence-electron chi connectivity index (χ1n) is 12.4. The van der Waals surface area contributed by atoms with Crippen LogP contribution in [-0.2, 0) is 17.8 Å². The Labute approximate surface area is 225 Å². The lowest BCUT2D eigenvalue weighted by Crippen LogP contribution is -2.33. The van der Waals surface area contributed by atoms with E-state index in [1.807, 2.05) is 77.7 Å². The van der Waals surface area contributed by atoms with Gasteiger partial charge in [0.05, 0.1) is 18.8 Å². The fourth-order valence-corrected chi connectivity index (χ4v) is 4.89. The van der Waals surface area contributed by atoms with Gasteiger partial charge in [-0.25, -0.2) is 9.37 Å². The van der Waals surface area contributed by atoms with Crippen LogP contribution in [0.4, 0.5) is 9.52 Å². The lowest BCUT2D eigenvalue weighted by atomic mass is 9.98. The molecule has 192 valence electrons. The maximum atomic E-state index is 13.3. The number of aromatic nitrogens is 2. The largest absolute Gasteiger partial charge is 0.467 e. The Morgan fingerprint density at radius 3 is 2.24 bits per heavy atom. The van der Waals surface area contributed by atoms with E-state index in [1.165, 1.54) is 23.7 Å². The highest BCUT2D eigenvalue weighted by Gasteiger charge is 2.20. The molecule has 0 saturated carbocycles. The van der Waals surface area contributed by atoms with Crippen LogP contribution in [0.5, 0.6) is 0 Å². The fourth-order valence-electron chi connectivity index (χ4n) is 4.18. The third-order valence-electron chi connectivity index (χ3n) is 6.11. The first kappa shape index (κ1) is 25.4. The third-order valence-corrected chi connectivity index (χ3v) is 6.92. The molecule has 0 bridgehead atoms. The number of anilines is 1.